The first-order valence-electron chi connectivity index (χ1n) is 6.20. The number of carbonyl (C=O) groups excluding carboxylic acids is 1. The van der Waals surface area contributed by atoms with Crippen molar-refractivity contribution in [1.29, 1.82) is 0 Å². The Morgan fingerprint density at radius 2 is 2.25 bits per heavy atom. The fourth-order valence-electron chi connectivity index (χ4n) is 2.21. The van der Waals surface area contributed by atoms with Gasteiger partial charge < -0.3 is 10.2 Å². The van der Waals surface area contributed by atoms with E-state index in [-0.39, 0.29) is 5.91 Å². The molecule has 94 valence electrons. The van der Waals surface area contributed by atoms with Crippen LogP contribution in [0.1, 0.15) is 33.6 Å². The van der Waals surface area contributed by atoms with Crippen LogP contribution in [0.15, 0.2) is 0 Å². The molecule has 16 heavy (non-hydrogen) atoms. The topological polar surface area (TPSA) is 33.5 Å². The van der Waals surface area contributed by atoms with Gasteiger partial charge in [-0.25, -0.2) is 0 Å². The molecule has 0 radical (unpaired) electrons. The zero-order valence-electron chi connectivity index (χ0n) is 10.6. The molecule has 0 bridgehead atoms. The van der Waals surface area contributed by atoms with Crippen LogP contribution in [-0.2, 0) is 4.79 Å². The third-order valence-electron chi connectivity index (χ3n) is 3.54. The average molecular weight is 248 g/mol. The second-order valence-corrected chi connectivity index (χ2v) is 5.60. The lowest BCUT2D eigenvalue weighted by molar-refractivity contribution is -0.909. The molecule has 4 heteroatoms. The first-order valence-corrected chi connectivity index (χ1v) is 6.73. The summed E-state index contributed by atoms with van der Waals surface area (Å²) in [5.41, 5.74) is -0.452. The number of amides is 1. The van der Waals surface area contributed by atoms with Crippen molar-refractivity contribution < 1.29 is 9.69 Å². The zero-order chi connectivity index (χ0) is 12.2. The van der Waals surface area contributed by atoms with E-state index in [0.717, 1.165) is 13.1 Å². The minimum absolute atomic E-state index is 0.0739. The van der Waals surface area contributed by atoms with Gasteiger partial charge in [0.15, 0.2) is 0 Å². The summed E-state index contributed by atoms with van der Waals surface area (Å²) in [5.74, 6) is 0.443. The van der Waals surface area contributed by atoms with Gasteiger partial charge in [0.1, 0.15) is 6.04 Å². The predicted octanol–water partition coefficient (Wildman–Crippen LogP) is 0.435. The van der Waals surface area contributed by atoms with Gasteiger partial charge in [-0.05, 0) is 20.8 Å². The SMILES string of the molecule is CC[NH+]1CCC[C@@H]1CNC(=O)C(C)(C)CCl. The van der Waals surface area contributed by atoms with Crippen LogP contribution in [-0.4, -0.2) is 37.5 Å². The van der Waals surface area contributed by atoms with Gasteiger partial charge in [0.05, 0.1) is 25.0 Å². The van der Waals surface area contributed by atoms with Crippen molar-refractivity contribution in [2.45, 2.75) is 39.7 Å². The smallest absolute Gasteiger partial charge is 0.227 e. The average Bonchev–Trinajstić information content (AvgIpc) is 2.72. The number of alkyl halides is 1. The fraction of sp³-hybridized carbons (Fsp3) is 0.917. The maximum absolute atomic E-state index is 11.8. The van der Waals surface area contributed by atoms with Crippen LogP contribution in [0, 0.1) is 5.41 Å². The van der Waals surface area contributed by atoms with Crippen LogP contribution in [0.4, 0.5) is 0 Å². The van der Waals surface area contributed by atoms with Crippen molar-refractivity contribution in [2.24, 2.45) is 5.41 Å². The molecule has 0 saturated carbocycles. The van der Waals surface area contributed by atoms with E-state index in [4.69, 9.17) is 11.6 Å². The van der Waals surface area contributed by atoms with Crippen molar-refractivity contribution in [3.05, 3.63) is 0 Å². The van der Waals surface area contributed by atoms with Crippen LogP contribution >= 0.6 is 11.6 Å². The Morgan fingerprint density at radius 3 is 2.81 bits per heavy atom. The molecule has 2 N–H and O–H groups in total. The quantitative estimate of drug-likeness (QED) is 0.679. The van der Waals surface area contributed by atoms with Crippen molar-refractivity contribution in [3.8, 4) is 0 Å². The predicted molar refractivity (Wildman–Crippen MR) is 66.9 cm³/mol. The number of carbonyl (C=O) groups is 1. The summed E-state index contributed by atoms with van der Waals surface area (Å²) in [4.78, 5) is 13.5. The van der Waals surface area contributed by atoms with Crippen molar-refractivity contribution >= 4 is 17.5 Å². The van der Waals surface area contributed by atoms with Gasteiger partial charge in [-0.3, -0.25) is 4.79 Å². The van der Waals surface area contributed by atoms with E-state index in [1.54, 1.807) is 4.90 Å². The van der Waals surface area contributed by atoms with E-state index in [1.807, 2.05) is 13.8 Å². The van der Waals surface area contributed by atoms with Crippen LogP contribution in [0.25, 0.3) is 0 Å². The maximum atomic E-state index is 11.8. The molecule has 0 spiro atoms. The lowest BCUT2D eigenvalue weighted by atomic mass is 9.95. The van der Waals surface area contributed by atoms with E-state index >= 15 is 0 Å². The van der Waals surface area contributed by atoms with Gasteiger partial charge in [-0.1, -0.05) is 0 Å². The summed E-state index contributed by atoms with van der Waals surface area (Å²) >= 11 is 5.77. The Hall–Kier alpha value is -0.280. The monoisotopic (exact) mass is 247 g/mol. The van der Waals surface area contributed by atoms with E-state index in [0.29, 0.717) is 11.9 Å². The second kappa shape index (κ2) is 5.87. The molecule has 1 saturated heterocycles. The summed E-state index contributed by atoms with van der Waals surface area (Å²) in [6, 6.07) is 0.597. The number of nitrogens with one attached hydrogen (secondary N) is 2. The van der Waals surface area contributed by atoms with E-state index in [2.05, 4.69) is 12.2 Å². The minimum Gasteiger partial charge on any atom is -0.350 e. The largest absolute Gasteiger partial charge is 0.350 e. The van der Waals surface area contributed by atoms with Gasteiger partial charge in [0.25, 0.3) is 0 Å². The molecule has 1 aliphatic heterocycles. The highest BCUT2D eigenvalue weighted by molar-refractivity contribution is 6.19. The van der Waals surface area contributed by atoms with Gasteiger partial charge in [0.2, 0.25) is 5.91 Å². The number of halogens is 1. The molecule has 2 atom stereocenters. The van der Waals surface area contributed by atoms with E-state index < -0.39 is 5.41 Å². The van der Waals surface area contributed by atoms with Gasteiger partial charge in [-0.2, -0.15) is 0 Å². The highest BCUT2D eigenvalue weighted by Crippen LogP contribution is 2.16. The molecule has 1 rings (SSSR count). The Bertz CT molecular complexity index is 243. The molecule has 1 unspecified atom stereocenters. The number of hydrogen-bond donors (Lipinski definition) is 2. The summed E-state index contributed by atoms with van der Waals surface area (Å²) < 4.78 is 0. The molecular formula is C12H24ClN2O+. The van der Waals surface area contributed by atoms with Crippen LogP contribution < -0.4 is 10.2 Å². The van der Waals surface area contributed by atoms with E-state index in [9.17, 15) is 4.79 Å². The first kappa shape index (κ1) is 13.8. The Kier molecular flexibility index (Phi) is 5.06. The highest BCUT2D eigenvalue weighted by Gasteiger charge is 2.30. The summed E-state index contributed by atoms with van der Waals surface area (Å²) in [7, 11) is 0. The first-order chi connectivity index (χ1) is 7.51. The van der Waals surface area contributed by atoms with Crippen LogP contribution in [0.3, 0.4) is 0 Å². The summed E-state index contributed by atoms with van der Waals surface area (Å²) in [6.07, 6.45) is 2.51. The molecule has 1 heterocycles. The number of hydrogen-bond acceptors (Lipinski definition) is 1. The third-order valence-corrected chi connectivity index (χ3v) is 4.21. The van der Waals surface area contributed by atoms with Gasteiger partial charge in [-0.15, -0.1) is 11.6 Å². The van der Waals surface area contributed by atoms with Crippen LogP contribution in [0.5, 0.6) is 0 Å². The van der Waals surface area contributed by atoms with Gasteiger partial charge in [0, 0.05) is 18.7 Å². The lowest BCUT2D eigenvalue weighted by Crippen LogP contribution is -3.14. The molecule has 1 amide bonds. The minimum atomic E-state index is -0.452. The van der Waals surface area contributed by atoms with Crippen molar-refractivity contribution in [2.75, 3.05) is 25.5 Å². The molecule has 0 aromatic heterocycles. The maximum Gasteiger partial charge on any atom is 0.227 e. The number of quaternary nitrogens is 1. The number of rotatable bonds is 5. The summed E-state index contributed by atoms with van der Waals surface area (Å²) in [6.45, 7) is 9.17. The van der Waals surface area contributed by atoms with Gasteiger partial charge >= 0.3 is 0 Å². The number of likely N-dealkylation sites (N-methyl/N-ethyl adjacent to an activating group) is 1. The molecule has 0 aromatic rings. The van der Waals surface area contributed by atoms with Crippen molar-refractivity contribution in [1.82, 2.24) is 5.32 Å². The third kappa shape index (κ3) is 3.36. The zero-order valence-corrected chi connectivity index (χ0v) is 11.4. The Balaban J connectivity index is 2.37. The molecular weight excluding hydrogens is 224 g/mol. The van der Waals surface area contributed by atoms with Crippen molar-refractivity contribution in [3.63, 3.8) is 0 Å². The molecule has 1 fully saturated rings. The highest BCUT2D eigenvalue weighted by atomic mass is 35.5. The second-order valence-electron chi connectivity index (χ2n) is 5.33. The molecule has 1 aliphatic rings. The molecule has 3 nitrogen and oxygen atoms in total. The Morgan fingerprint density at radius 1 is 1.56 bits per heavy atom. The number of likely N-dealkylation sites (tertiary alicyclic amines) is 1. The standard InChI is InChI=1S/C12H23ClN2O/c1-4-15-7-5-6-10(15)8-14-11(16)12(2,3)9-13/h10H,4-9H2,1-3H3,(H,14,16)/p+1/t10-/m1/s1. The van der Waals surface area contributed by atoms with E-state index in [1.165, 1.54) is 19.4 Å². The Labute approximate surface area is 104 Å². The normalized spacial score (nSPS) is 25.8. The fourth-order valence-corrected chi connectivity index (χ4v) is 2.33. The molecule has 0 aromatic carbocycles. The molecule has 0 aliphatic carbocycles. The lowest BCUT2D eigenvalue weighted by Gasteiger charge is -2.24. The van der Waals surface area contributed by atoms with Crippen LogP contribution in [0.2, 0.25) is 0 Å². The summed E-state index contributed by atoms with van der Waals surface area (Å²) in [5, 5.41) is 3.04.